The van der Waals surface area contributed by atoms with Crippen molar-refractivity contribution >= 4 is 78.6 Å². The van der Waals surface area contributed by atoms with E-state index < -0.39 is 41.9 Å². The molecule has 176 valence electrons. The normalized spacial score (nSPS) is 29.5. The third kappa shape index (κ3) is 3.74. The van der Waals surface area contributed by atoms with Crippen molar-refractivity contribution in [3.05, 3.63) is 69.7 Å². The molecule has 0 spiro atoms. The van der Waals surface area contributed by atoms with Crippen LogP contribution in [0, 0.1) is 23.7 Å². The van der Waals surface area contributed by atoms with E-state index in [2.05, 4.69) is 31.9 Å². The average molecular weight is 629 g/mol. The summed E-state index contributed by atoms with van der Waals surface area (Å²) in [6.45, 7) is -0.493. The largest absolute Gasteiger partial charge is 0.292 e. The molecule has 2 bridgehead atoms. The number of fused-ring (bicyclic) bond motifs is 5. The van der Waals surface area contributed by atoms with Crippen LogP contribution in [0.1, 0.15) is 27.1 Å². The van der Waals surface area contributed by atoms with Gasteiger partial charge in [0.25, 0.3) is 17.7 Å². The van der Waals surface area contributed by atoms with Gasteiger partial charge in [0.1, 0.15) is 6.54 Å². The molecule has 0 radical (unpaired) electrons. The lowest BCUT2D eigenvalue weighted by atomic mass is 9.81. The zero-order valence-electron chi connectivity index (χ0n) is 17.5. The van der Waals surface area contributed by atoms with Crippen LogP contribution in [0.2, 0.25) is 10.0 Å². The highest BCUT2D eigenvalue weighted by atomic mass is 79.9. The Balaban J connectivity index is 1.52. The molecule has 10 heteroatoms. The Kier molecular flexibility index (Phi) is 6.38. The zero-order chi connectivity index (χ0) is 24.3. The molecule has 1 aliphatic heterocycles. The molecule has 0 N–H and O–H groups in total. The quantitative estimate of drug-likeness (QED) is 0.265. The number of carbonyl (C=O) groups is 4. The Morgan fingerprint density at radius 3 is 2.03 bits per heavy atom. The van der Waals surface area contributed by atoms with E-state index in [1.807, 2.05) is 0 Å². The summed E-state index contributed by atoms with van der Waals surface area (Å²) >= 11 is 19.5. The molecule has 1 saturated heterocycles. The smallest absolute Gasteiger partial charge is 0.274 e. The van der Waals surface area contributed by atoms with Crippen LogP contribution in [0.4, 0.5) is 0 Å². The molecule has 3 aliphatic rings. The summed E-state index contributed by atoms with van der Waals surface area (Å²) in [6.07, 6.45) is 0.759. The van der Waals surface area contributed by atoms with Crippen LogP contribution in [-0.2, 0) is 9.59 Å². The minimum Gasteiger partial charge on any atom is -0.292 e. The fraction of sp³-hybridized carbons (Fsp3) is 0.333. The molecule has 0 unspecified atom stereocenters. The van der Waals surface area contributed by atoms with E-state index >= 15 is 0 Å². The second kappa shape index (κ2) is 9.04. The molecule has 3 fully saturated rings. The molecule has 6 atom stereocenters. The van der Waals surface area contributed by atoms with E-state index in [1.54, 1.807) is 30.3 Å². The Morgan fingerprint density at radius 2 is 1.47 bits per heavy atom. The Bertz CT molecular complexity index is 1180. The number of amides is 3. The third-order valence-corrected chi connectivity index (χ3v) is 10.8. The fourth-order valence-electron chi connectivity index (χ4n) is 5.44. The predicted molar refractivity (Wildman–Crippen MR) is 134 cm³/mol. The molecule has 2 aromatic rings. The monoisotopic (exact) mass is 626 g/mol. The summed E-state index contributed by atoms with van der Waals surface area (Å²) < 4.78 is 0. The number of alkyl halides is 2. The van der Waals surface area contributed by atoms with Crippen molar-refractivity contribution in [1.82, 2.24) is 10.0 Å². The van der Waals surface area contributed by atoms with Crippen LogP contribution in [0.25, 0.3) is 0 Å². The molecule has 1 heterocycles. The highest BCUT2D eigenvalue weighted by molar-refractivity contribution is 9.12. The standard InChI is InChI=1S/C24H18Br2Cl2N2O4/c25-20-14-9-15(21(20)26)19-18(14)23(33)30(24(19)34)29(22(32)13-3-1-2-4-16(13)28)10-17(31)11-5-7-12(27)8-6-11/h1-8,14-15,18-21H,9-10H2/t14-,15-,18-,19-,20+,21+/m1/s1. The first-order chi connectivity index (χ1) is 16.2. The third-order valence-electron chi connectivity index (χ3n) is 7.00. The van der Waals surface area contributed by atoms with E-state index in [4.69, 9.17) is 23.2 Å². The Hall–Kier alpha value is -1.74. The van der Waals surface area contributed by atoms with Gasteiger partial charge in [0, 0.05) is 20.2 Å². The van der Waals surface area contributed by atoms with Crippen molar-refractivity contribution in [3.8, 4) is 0 Å². The number of hydrogen-bond acceptors (Lipinski definition) is 4. The van der Waals surface area contributed by atoms with Crippen LogP contribution in [0.5, 0.6) is 0 Å². The maximum atomic E-state index is 13.6. The van der Waals surface area contributed by atoms with Gasteiger partial charge < -0.3 is 0 Å². The van der Waals surface area contributed by atoms with Gasteiger partial charge in [0.2, 0.25) is 0 Å². The van der Waals surface area contributed by atoms with Crippen LogP contribution in [0.15, 0.2) is 48.5 Å². The van der Waals surface area contributed by atoms with Gasteiger partial charge in [-0.3, -0.25) is 19.2 Å². The number of Topliss-reactive ketones (excluding diaryl/α,β-unsaturated/α-hetero) is 1. The van der Waals surface area contributed by atoms with Gasteiger partial charge in [-0.15, -0.1) is 0 Å². The Labute approximate surface area is 222 Å². The van der Waals surface area contributed by atoms with Crippen LogP contribution >= 0.6 is 55.1 Å². The summed E-state index contributed by atoms with van der Waals surface area (Å²) in [5, 5.41) is 2.46. The predicted octanol–water partition coefficient (Wildman–Crippen LogP) is 5.01. The highest BCUT2D eigenvalue weighted by Crippen LogP contribution is 2.60. The van der Waals surface area contributed by atoms with Crippen LogP contribution in [0.3, 0.4) is 0 Å². The molecule has 6 nitrogen and oxygen atoms in total. The lowest BCUT2D eigenvalue weighted by Crippen LogP contribution is -2.52. The van der Waals surface area contributed by atoms with Gasteiger partial charge in [0.05, 0.1) is 22.4 Å². The zero-order valence-corrected chi connectivity index (χ0v) is 22.2. The minimum atomic E-state index is -0.687. The lowest BCUT2D eigenvalue weighted by molar-refractivity contribution is -0.154. The molecule has 2 aliphatic carbocycles. The number of nitrogens with zero attached hydrogens (tertiary/aromatic N) is 2. The average Bonchev–Trinajstić information content (AvgIpc) is 3.43. The van der Waals surface area contributed by atoms with Gasteiger partial charge in [-0.1, -0.05) is 67.2 Å². The van der Waals surface area contributed by atoms with E-state index in [0.717, 1.165) is 16.4 Å². The molecule has 2 aromatic carbocycles. The minimum absolute atomic E-state index is 0.0231. The topological polar surface area (TPSA) is 74.8 Å². The number of carbonyl (C=O) groups excluding carboxylic acids is 4. The number of hydrazine groups is 1. The second-order valence-corrected chi connectivity index (χ2v) is 11.7. The molecule has 2 saturated carbocycles. The summed E-state index contributed by atoms with van der Waals surface area (Å²) in [4.78, 5) is 54.0. The van der Waals surface area contributed by atoms with Crippen LogP contribution in [-0.4, -0.2) is 49.7 Å². The number of imide groups is 1. The summed E-state index contributed by atoms with van der Waals surface area (Å²) in [5.74, 6) is -3.12. The molecule has 3 amide bonds. The number of rotatable bonds is 5. The number of ketones is 1. The SMILES string of the molecule is O=C(CN(C(=O)c1ccccc1Cl)N1C(=O)[C@@H]2[C@H]3C[C@@H]([C@H](Br)[C@H]3Br)[C@H]2C1=O)c1ccc(Cl)cc1. The second-order valence-electron chi connectivity index (χ2n) is 8.76. The number of halogens is 4. The van der Waals surface area contributed by atoms with Gasteiger partial charge in [-0.25, -0.2) is 5.01 Å². The lowest BCUT2D eigenvalue weighted by Gasteiger charge is -2.31. The summed E-state index contributed by atoms with van der Waals surface area (Å²) in [5.41, 5.74) is 0.409. The molecular formula is C24H18Br2Cl2N2O4. The van der Waals surface area contributed by atoms with Crippen molar-refractivity contribution < 1.29 is 19.2 Å². The van der Waals surface area contributed by atoms with Crippen LogP contribution < -0.4 is 0 Å². The van der Waals surface area contributed by atoms with Crippen molar-refractivity contribution in [1.29, 1.82) is 0 Å². The van der Waals surface area contributed by atoms with Crippen molar-refractivity contribution in [2.45, 2.75) is 16.1 Å². The fourth-order valence-corrected chi connectivity index (χ4v) is 7.66. The van der Waals surface area contributed by atoms with E-state index in [0.29, 0.717) is 10.6 Å². The maximum Gasteiger partial charge on any atom is 0.274 e. The summed E-state index contributed by atoms with van der Waals surface area (Å²) in [6, 6.07) is 12.6. The molecule has 34 heavy (non-hydrogen) atoms. The van der Waals surface area contributed by atoms with Crippen molar-refractivity contribution in [2.75, 3.05) is 6.54 Å². The van der Waals surface area contributed by atoms with Gasteiger partial charge >= 0.3 is 0 Å². The van der Waals surface area contributed by atoms with Gasteiger partial charge in [-0.2, -0.15) is 5.01 Å². The van der Waals surface area contributed by atoms with E-state index in [1.165, 1.54) is 18.2 Å². The number of hydrogen-bond donors (Lipinski definition) is 0. The first kappa shape index (κ1) is 24.0. The van der Waals surface area contributed by atoms with Crippen molar-refractivity contribution in [3.63, 3.8) is 0 Å². The number of benzene rings is 2. The summed E-state index contributed by atoms with van der Waals surface area (Å²) in [7, 11) is 0. The van der Waals surface area contributed by atoms with E-state index in [-0.39, 0.29) is 32.1 Å². The Morgan fingerprint density at radius 1 is 0.912 bits per heavy atom. The highest BCUT2D eigenvalue weighted by Gasteiger charge is 2.67. The molecule has 5 rings (SSSR count). The maximum absolute atomic E-state index is 13.6. The molecular weight excluding hydrogens is 611 g/mol. The first-order valence-corrected chi connectivity index (χ1v) is 13.3. The van der Waals surface area contributed by atoms with Crippen molar-refractivity contribution in [2.24, 2.45) is 23.7 Å². The van der Waals surface area contributed by atoms with Gasteiger partial charge in [0.15, 0.2) is 5.78 Å². The van der Waals surface area contributed by atoms with Gasteiger partial charge in [-0.05, 0) is 54.7 Å². The first-order valence-electron chi connectivity index (χ1n) is 10.7. The van der Waals surface area contributed by atoms with E-state index in [9.17, 15) is 19.2 Å². The molecule has 0 aromatic heterocycles.